The fraction of sp³-hybridized carbons (Fsp3) is 0.222. The van der Waals surface area contributed by atoms with E-state index in [1.165, 1.54) is 73.8 Å². The molecule has 0 fully saturated rings. The van der Waals surface area contributed by atoms with Gasteiger partial charge in [-0.3, -0.25) is 0 Å². The lowest BCUT2D eigenvalue weighted by atomic mass is 10.1. The van der Waals surface area contributed by atoms with E-state index in [0.29, 0.717) is 22.3 Å². The van der Waals surface area contributed by atoms with Crippen LogP contribution in [0.25, 0.3) is 6.08 Å². The van der Waals surface area contributed by atoms with Crippen LogP contribution in [0.1, 0.15) is 33.4 Å². The van der Waals surface area contributed by atoms with Gasteiger partial charge in [0.2, 0.25) is 6.10 Å². The summed E-state index contributed by atoms with van der Waals surface area (Å²) in [5.41, 5.74) is 0.0226. The van der Waals surface area contributed by atoms with E-state index in [1.54, 1.807) is 0 Å². The Hall–Kier alpha value is -5.66. The van der Waals surface area contributed by atoms with Crippen molar-refractivity contribution in [1.82, 2.24) is 0 Å². The first kappa shape index (κ1) is 37.2. The minimum Gasteiger partial charge on any atom is -0.504 e. The van der Waals surface area contributed by atoms with Crippen molar-refractivity contribution in [3.05, 3.63) is 124 Å². The maximum Gasteiger partial charge on any atom is 0.416 e. The number of carbonyl (C=O) groups is 2. The molecule has 4 aromatic rings. The van der Waals surface area contributed by atoms with Crippen LogP contribution in [-0.4, -0.2) is 37.4 Å². The average molecular weight is 705 g/mol. The Kier molecular flexibility index (Phi) is 12.0. The van der Waals surface area contributed by atoms with Gasteiger partial charge in [-0.1, -0.05) is 36.4 Å². The number of benzene rings is 4. The number of alkyl halides is 6. The van der Waals surface area contributed by atoms with Gasteiger partial charge >= 0.3 is 24.3 Å². The highest BCUT2D eigenvalue weighted by atomic mass is 19.4. The zero-order valence-corrected chi connectivity index (χ0v) is 26.5. The Balaban J connectivity index is 1.53. The van der Waals surface area contributed by atoms with Gasteiger partial charge in [0.25, 0.3) is 0 Å². The van der Waals surface area contributed by atoms with E-state index in [2.05, 4.69) is 0 Å². The Labute approximate surface area is 282 Å². The monoisotopic (exact) mass is 704 g/mol. The predicted octanol–water partition coefficient (Wildman–Crippen LogP) is 7.94. The minimum absolute atomic E-state index is 0.0884. The van der Waals surface area contributed by atoms with Crippen molar-refractivity contribution >= 4 is 18.0 Å². The summed E-state index contributed by atoms with van der Waals surface area (Å²) in [5, 5.41) is 9.76. The fourth-order valence-electron chi connectivity index (χ4n) is 4.47. The first-order valence-corrected chi connectivity index (χ1v) is 14.7. The molecule has 1 N–H and O–H groups in total. The Morgan fingerprint density at radius 2 is 1.24 bits per heavy atom. The first-order chi connectivity index (χ1) is 23.7. The molecule has 0 saturated carbocycles. The van der Waals surface area contributed by atoms with Gasteiger partial charge in [0.15, 0.2) is 23.0 Å². The molecule has 0 radical (unpaired) electrons. The smallest absolute Gasteiger partial charge is 0.416 e. The molecule has 0 amide bonds. The van der Waals surface area contributed by atoms with Crippen LogP contribution in [0.5, 0.6) is 23.0 Å². The van der Waals surface area contributed by atoms with E-state index in [9.17, 15) is 41.0 Å². The molecule has 0 aliphatic carbocycles. The minimum atomic E-state index is -4.53. The van der Waals surface area contributed by atoms with E-state index in [4.69, 9.17) is 23.7 Å². The predicted molar refractivity (Wildman–Crippen MR) is 167 cm³/mol. The average Bonchev–Trinajstić information content (AvgIpc) is 3.08. The number of hydrogen-bond acceptors (Lipinski definition) is 8. The second kappa shape index (κ2) is 16.2. The summed E-state index contributed by atoms with van der Waals surface area (Å²) in [6.45, 7) is -0.351. The Morgan fingerprint density at radius 3 is 1.76 bits per heavy atom. The molecular weight excluding hydrogens is 674 g/mol. The van der Waals surface area contributed by atoms with E-state index >= 15 is 0 Å². The van der Waals surface area contributed by atoms with E-state index in [-0.39, 0.29) is 42.6 Å². The zero-order chi connectivity index (χ0) is 36.5. The molecule has 0 aromatic heterocycles. The Bertz CT molecular complexity index is 1800. The second-order valence-corrected chi connectivity index (χ2v) is 10.7. The number of phenolic OH excluding ortho intramolecular Hbond substituents is 1. The van der Waals surface area contributed by atoms with Gasteiger partial charge in [0, 0.05) is 12.5 Å². The van der Waals surface area contributed by atoms with Crippen LogP contribution in [0.3, 0.4) is 0 Å². The fourth-order valence-corrected chi connectivity index (χ4v) is 4.47. The van der Waals surface area contributed by atoms with Crippen LogP contribution in [0.2, 0.25) is 0 Å². The van der Waals surface area contributed by atoms with Crippen LogP contribution in [-0.2, 0) is 51.0 Å². The van der Waals surface area contributed by atoms with Crippen LogP contribution in [0, 0.1) is 0 Å². The van der Waals surface area contributed by atoms with Gasteiger partial charge in [-0.15, -0.1) is 0 Å². The molecule has 0 heterocycles. The van der Waals surface area contributed by atoms with Crippen LogP contribution in [0.4, 0.5) is 26.3 Å². The van der Waals surface area contributed by atoms with Crippen molar-refractivity contribution < 1.29 is 64.7 Å². The largest absolute Gasteiger partial charge is 0.504 e. The summed E-state index contributed by atoms with van der Waals surface area (Å²) in [6, 6.07) is 17.4. The molecule has 0 spiro atoms. The van der Waals surface area contributed by atoms with Gasteiger partial charge in [-0.2, -0.15) is 26.3 Å². The summed E-state index contributed by atoms with van der Waals surface area (Å²) in [7, 11) is 2.47. The van der Waals surface area contributed by atoms with Crippen LogP contribution in [0.15, 0.2) is 91.0 Å². The van der Waals surface area contributed by atoms with Gasteiger partial charge in [-0.05, 0) is 76.9 Å². The summed E-state index contributed by atoms with van der Waals surface area (Å²) in [4.78, 5) is 25.2. The van der Waals surface area contributed by atoms with Gasteiger partial charge < -0.3 is 28.8 Å². The SMILES string of the molecule is COC(=O)[C@@H](Cc1ccc(OCc2ccc(C(F)(F)F)cc2)c(OCc2ccc(C(F)(F)F)cc2)c1)OC(=O)/C=C/c1ccc(O)c(OC)c1. The molecule has 0 unspecified atom stereocenters. The quantitative estimate of drug-likeness (QED) is 0.0851. The standard InChI is InChI=1S/C36H30F6O8/c1-46-30-17-22(7-14-28(30)43)9-16-33(44)50-32(34(45)47-2)19-25-8-15-29(48-20-23-3-10-26(11-4-23)35(37,38)39)31(18-25)49-21-24-5-12-27(13-6-24)36(40,41)42/h3-18,32,43H,19-21H2,1-2H3/b16-9+/t32-/m1/s1. The zero-order valence-electron chi connectivity index (χ0n) is 26.5. The number of aromatic hydroxyl groups is 1. The summed E-state index contributed by atoms with van der Waals surface area (Å²) < 4.78 is 105. The molecule has 0 aliphatic heterocycles. The third kappa shape index (κ3) is 10.4. The number of phenols is 1. The summed E-state index contributed by atoms with van der Waals surface area (Å²) in [6.07, 6.45) is -8.18. The lowest BCUT2D eigenvalue weighted by molar-refractivity contribution is -0.162. The molecular formula is C36H30F6O8. The number of hydrogen-bond donors (Lipinski definition) is 1. The third-order valence-electron chi connectivity index (χ3n) is 7.12. The topological polar surface area (TPSA) is 101 Å². The third-order valence-corrected chi connectivity index (χ3v) is 7.12. The highest BCUT2D eigenvalue weighted by molar-refractivity contribution is 5.89. The number of esters is 2. The molecule has 264 valence electrons. The molecule has 0 aliphatic rings. The van der Waals surface area contributed by atoms with Crippen molar-refractivity contribution in [2.75, 3.05) is 14.2 Å². The number of halogens is 6. The van der Waals surface area contributed by atoms with Crippen molar-refractivity contribution in [1.29, 1.82) is 0 Å². The van der Waals surface area contributed by atoms with E-state index in [1.807, 2.05) is 0 Å². The van der Waals surface area contributed by atoms with Crippen LogP contribution >= 0.6 is 0 Å². The molecule has 0 bridgehead atoms. The van der Waals surface area contributed by atoms with Crippen LogP contribution < -0.4 is 14.2 Å². The highest BCUT2D eigenvalue weighted by Gasteiger charge is 2.31. The molecule has 50 heavy (non-hydrogen) atoms. The van der Waals surface area contributed by atoms with Gasteiger partial charge in [0.05, 0.1) is 25.3 Å². The molecule has 0 saturated heterocycles. The lowest BCUT2D eigenvalue weighted by Crippen LogP contribution is -2.30. The van der Waals surface area contributed by atoms with E-state index in [0.717, 1.165) is 37.5 Å². The van der Waals surface area contributed by atoms with Gasteiger partial charge in [0.1, 0.15) is 13.2 Å². The van der Waals surface area contributed by atoms with E-state index < -0.39 is 41.5 Å². The number of carbonyl (C=O) groups excluding carboxylic acids is 2. The molecule has 4 rings (SSSR count). The first-order valence-electron chi connectivity index (χ1n) is 14.7. The normalized spacial score (nSPS) is 12.3. The second-order valence-electron chi connectivity index (χ2n) is 10.7. The number of rotatable bonds is 13. The summed E-state index contributed by atoms with van der Waals surface area (Å²) in [5.74, 6) is -1.45. The summed E-state index contributed by atoms with van der Waals surface area (Å²) >= 11 is 0. The van der Waals surface area contributed by atoms with Crippen molar-refractivity contribution in [3.63, 3.8) is 0 Å². The Morgan fingerprint density at radius 1 is 0.700 bits per heavy atom. The number of methoxy groups -OCH3 is 2. The number of ether oxygens (including phenoxy) is 5. The highest BCUT2D eigenvalue weighted by Crippen LogP contribution is 2.33. The van der Waals surface area contributed by atoms with Gasteiger partial charge in [-0.25, -0.2) is 9.59 Å². The lowest BCUT2D eigenvalue weighted by Gasteiger charge is -2.18. The maximum atomic E-state index is 13.0. The molecule has 14 heteroatoms. The van der Waals surface area contributed by atoms with Crippen molar-refractivity contribution in [2.45, 2.75) is 38.1 Å². The maximum absolute atomic E-state index is 13.0. The molecule has 4 aromatic carbocycles. The molecule has 1 atom stereocenters. The van der Waals surface area contributed by atoms with Crippen molar-refractivity contribution in [3.8, 4) is 23.0 Å². The molecule has 8 nitrogen and oxygen atoms in total. The van der Waals surface area contributed by atoms with Crippen molar-refractivity contribution in [2.24, 2.45) is 0 Å².